The van der Waals surface area contributed by atoms with Crippen LogP contribution in [0, 0.1) is 5.82 Å². The van der Waals surface area contributed by atoms with Gasteiger partial charge in [-0.05, 0) is 55.0 Å². The molecule has 0 radical (unpaired) electrons. The Labute approximate surface area is 231 Å². The van der Waals surface area contributed by atoms with E-state index in [4.69, 9.17) is 14.9 Å². The lowest BCUT2D eigenvalue weighted by atomic mass is 10.1. The highest BCUT2D eigenvalue weighted by molar-refractivity contribution is 6.05. The summed E-state index contributed by atoms with van der Waals surface area (Å²) >= 11 is 0. The van der Waals surface area contributed by atoms with Crippen molar-refractivity contribution in [3.63, 3.8) is 0 Å². The highest BCUT2D eigenvalue weighted by Crippen LogP contribution is 2.21. The summed E-state index contributed by atoms with van der Waals surface area (Å²) in [5.41, 5.74) is 2.50. The second-order valence-electron chi connectivity index (χ2n) is 9.07. The molecule has 1 aliphatic rings. The van der Waals surface area contributed by atoms with Crippen LogP contribution in [0.25, 0.3) is 0 Å². The van der Waals surface area contributed by atoms with Crippen LogP contribution in [0.2, 0.25) is 0 Å². The average Bonchev–Trinajstić information content (AvgIpc) is 2.94. The van der Waals surface area contributed by atoms with Gasteiger partial charge in [0.15, 0.2) is 0 Å². The van der Waals surface area contributed by atoms with E-state index in [-0.39, 0.29) is 11.7 Å². The second-order valence-corrected chi connectivity index (χ2v) is 9.07. The third kappa shape index (κ3) is 9.61. The van der Waals surface area contributed by atoms with Crippen molar-refractivity contribution in [1.82, 2.24) is 15.2 Å². The van der Waals surface area contributed by atoms with Crippen molar-refractivity contribution in [3.05, 3.63) is 96.0 Å². The number of nitrogens with zero attached hydrogens (tertiary/aromatic N) is 3. The van der Waals surface area contributed by atoms with Crippen molar-refractivity contribution in [2.75, 3.05) is 31.6 Å². The summed E-state index contributed by atoms with van der Waals surface area (Å²) in [5, 5.41) is 19.1. The van der Waals surface area contributed by atoms with Gasteiger partial charge in [0.25, 0.3) is 5.91 Å². The van der Waals surface area contributed by atoms with E-state index in [1.165, 1.54) is 36.0 Å². The monoisotopic (exact) mass is 550 g/mol. The molecule has 1 aromatic heterocycles. The molecule has 2 heterocycles. The molecule has 3 aromatic rings. The number of nitrogens with one attached hydrogen (secondary N) is 1. The molecule has 0 aliphatic carbocycles. The smallest absolute Gasteiger partial charge is 0.328 e. The van der Waals surface area contributed by atoms with Gasteiger partial charge in [-0.1, -0.05) is 12.1 Å². The first-order chi connectivity index (χ1) is 19.1. The lowest BCUT2D eigenvalue weighted by Crippen LogP contribution is -2.48. The summed E-state index contributed by atoms with van der Waals surface area (Å²) in [7, 11) is 1.75. The van der Waals surface area contributed by atoms with Crippen LogP contribution in [0.4, 0.5) is 10.1 Å². The van der Waals surface area contributed by atoms with E-state index in [1.807, 2.05) is 12.1 Å². The lowest BCUT2D eigenvalue weighted by molar-refractivity contribution is -0.134. The van der Waals surface area contributed by atoms with Gasteiger partial charge < -0.3 is 25.2 Å². The maximum absolute atomic E-state index is 13.0. The summed E-state index contributed by atoms with van der Waals surface area (Å²) in [6.07, 6.45) is 2.60. The number of piperazine rings is 1. The van der Waals surface area contributed by atoms with Gasteiger partial charge in [-0.2, -0.15) is 0 Å². The van der Waals surface area contributed by atoms with Crippen LogP contribution in [0.3, 0.4) is 0 Å². The van der Waals surface area contributed by atoms with Crippen LogP contribution in [-0.2, 0) is 16.1 Å². The molecule has 10 nitrogen and oxygen atoms in total. The Morgan fingerprint density at radius 1 is 1.05 bits per heavy atom. The van der Waals surface area contributed by atoms with E-state index in [1.54, 1.807) is 24.1 Å². The van der Waals surface area contributed by atoms with E-state index in [9.17, 15) is 18.8 Å². The summed E-state index contributed by atoms with van der Waals surface area (Å²) < 4.78 is 18.6. The number of ether oxygens (including phenoxy) is 1. The molecule has 4 rings (SSSR count). The molecule has 40 heavy (non-hydrogen) atoms. The Bertz CT molecular complexity index is 1300. The minimum Gasteiger partial charge on any atom is -0.478 e. The van der Waals surface area contributed by atoms with Crippen LogP contribution in [0.5, 0.6) is 11.6 Å². The predicted octanol–water partition coefficient (Wildman–Crippen LogP) is 3.80. The van der Waals surface area contributed by atoms with Crippen LogP contribution in [0.15, 0.2) is 79.0 Å². The maximum atomic E-state index is 13.0. The zero-order valence-corrected chi connectivity index (χ0v) is 22.2. The molecule has 11 heteroatoms. The van der Waals surface area contributed by atoms with Gasteiger partial charge in [0.05, 0.1) is 5.56 Å². The quantitative estimate of drug-likeness (QED) is 0.358. The minimum absolute atomic E-state index is 0.158. The maximum Gasteiger partial charge on any atom is 0.328 e. The molecule has 0 unspecified atom stereocenters. The number of benzene rings is 2. The molecular weight excluding hydrogens is 519 g/mol. The van der Waals surface area contributed by atoms with E-state index in [0.717, 1.165) is 31.9 Å². The molecule has 210 valence electrons. The molecular formula is C29H31FN4O6. The number of carboxylic acids is 2. The predicted molar refractivity (Wildman–Crippen MR) is 147 cm³/mol. The van der Waals surface area contributed by atoms with Crippen LogP contribution >= 0.6 is 0 Å². The molecule has 1 amide bonds. The fourth-order valence-electron chi connectivity index (χ4n) is 3.88. The van der Waals surface area contributed by atoms with Crippen molar-refractivity contribution in [2.24, 2.45) is 0 Å². The molecule has 0 spiro atoms. The molecule has 1 fully saturated rings. The van der Waals surface area contributed by atoms with E-state index in [2.05, 4.69) is 34.3 Å². The summed E-state index contributed by atoms with van der Waals surface area (Å²) in [5.74, 6) is -2.19. The van der Waals surface area contributed by atoms with Gasteiger partial charge in [0.1, 0.15) is 11.6 Å². The number of pyridine rings is 1. The fraction of sp³-hybridized carbons (Fsp3) is 0.241. The average molecular weight is 551 g/mol. The van der Waals surface area contributed by atoms with Crippen LogP contribution < -0.4 is 15.0 Å². The molecule has 1 atom stereocenters. The fourth-order valence-corrected chi connectivity index (χ4v) is 3.88. The van der Waals surface area contributed by atoms with Gasteiger partial charge >= 0.3 is 11.9 Å². The normalized spacial score (nSPS) is 15.1. The number of anilines is 1. The van der Waals surface area contributed by atoms with Crippen molar-refractivity contribution >= 4 is 23.5 Å². The molecule has 1 saturated heterocycles. The zero-order valence-electron chi connectivity index (χ0n) is 22.2. The Morgan fingerprint density at radius 3 is 2.25 bits per heavy atom. The summed E-state index contributed by atoms with van der Waals surface area (Å²) in [6, 6.07) is 17.6. The van der Waals surface area contributed by atoms with E-state index >= 15 is 0 Å². The SMILES string of the molecule is C[C@H]1CN(Cc2ccc(N(C)C(=O)c3ccc(Oc4ccc(F)cc4)nc3)cc2)CCN1.O=C(O)/C=C/C(=O)O. The molecule has 1 aliphatic heterocycles. The summed E-state index contributed by atoms with van der Waals surface area (Å²) in [6.45, 7) is 6.19. The molecule has 0 bridgehead atoms. The van der Waals surface area contributed by atoms with Gasteiger partial charge in [0.2, 0.25) is 5.88 Å². The largest absolute Gasteiger partial charge is 0.478 e. The molecule has 2 aromatic carbocycles. The Hall–Kier alpha value is -4.61. The van der Waals surface area contributed by atoms with E-state index in [0.29, 0.717) is 35.4 Å². The number of hydrogen-bond donors (Lipinski definition) is 3. The first-order valence-corrected chi connectivity index (χ1v) is 12.5. The Kier molecular flexibility index (Phi) is 10.9. The first-order valence-electron chi connectivity index (χ1n) is 12.5. The Balaban J connectivity index is 0.000000482. The van der Waals surface area contributed by atoms with Crippen LogP contribution in [0.1, 0.15) is 22.8 Å². The number of carbonyl (C=O) groups excluding carboxylic acids is 1. The number of carboxylic acid groups (broad SMARTS) is 2. The lowest BCUT2D eigenvalue weighted by Gasteiger charge is -2.31. The van der Waals surface area contributed by atoms with Crippen molar-refractivity contribution < 1.29 is 33.7 Å². The topological polar surface area (TPSA) is 132 Å². The van der Waals surface area contributed by atoms with Crippen LogP contribution in [-0.4, -0.2) is 70.7 Å². The Morgan fingerprint density at radius 2 is 1.70 bits per heavy atom. The van der Waals surface area contributed by atoms with Gasteiger partial charge in [0, 0.05) is 69.4 Å². The van der Waals surface area contributed by atoms with Crippen molar-refractivity contribution in [3.8, 4) is 11.6 Å². The van der Waals surface area contributed by atoms with Crippen molar-refractivity contribution in [1.29, 1.82) is 0 Å². The standard InChI is InChI=1S/C25H27FN4O2.C4H4O4/c1-18-16-30(14-13-27-18)17-19-3-8-22(9-4-19)29(2)25(31)20-5-12-24(28-15-20)32-23-10-6-21(26)7-11-23;5-3(6)1-2-4(7)8/h3-12,15,18,27H,13-14,16-17H2,1-2H3;1-2H,(H,5,6)(H,7,8)/b;2-1+/t18-;/m0./s1. The van der Waals surface area contributed by atoms with Gasteiger partial charge in [-0.25, -0.2) is 19.0 Å². The van der Waals surface area contributed by atoms with Crippen molar-refractivity contribution in [2.45, 2.75) is 19.5 Å². The first kappa shape index (κ1) is 29.9. The number of rotatable bonds is 8. The van der Waals surface area contributed by atoms with Gasteiger partial charge in [-0.3, -0.25) is 9.69 Å². The zero-order chi connectivity index (χ0) is 29.1. The second kappa shape index (κ2) is 14.5. The number of aliphatic carboxylic acids is 2. The number of amides is 1. The van der Waals surface area contributed by atoms with E-state index < -0.39 is 11.9 Å². The third-order valence-corrected chi connectivity index (χ3v) is 5.88. The van der Waals surface area contributed by atoms with Gasteiger partial charge in [-0.15, -0.1) is 0 Å². The summed E-state index contributed by atoms with van der Waals surface area (Å²) in [4.78, 5) is 40.2. The molecule has 3 N–H and O–H groups in total. The highest BCUT2D eigenvalue weighted by Gasteiger charge is 2.17. The number of aromatic nitrogens is 1. The number of hydrogen-bond acceptors (Lipinski definition) is 7. The third-order valence-electron chi connectivity index (χ3n) is 5.88. The number of halogens is 1. The number of carbonyl (C=O) groups is 3. The highest BCUT2D eigenvalue weighted by atomic mass is 19.1. The molecule has 0 saturated carbocycles. The minimum atomic E-state index is -1.26.